The van der Waals surface area contributed by atoms with E-state index in [1.807, 2.05) is 26.0 Å². The van der Waals surface area contributed by atoms with E-state index >= 15 is 0 Å². The van der Waals surface area contributed by atoms with Gasteiger partial charge in [0.2, 0.25) is 5.95 Å². The fourth-order valence-electron chi connectivity index (χ4n) is 2.88. The van der Waals surface area contributed by atoms with Crippen LogP contribution in [0.4, 0.5) is 5.95 Å². The third-order valence-corrected chi connectivity index (χ3v) is 4.30. The summed E-state index contributed by atoms with van der Waals surface area (Å²) < 4.78 is 7.36. The molecule has 2 heterocycles. The summed E-state index contributed by atoms with van der Waals surface area (Å²) in [5, 5.41) is 32.5. The zero-order valence-corrected chi connectivity index (χ0v) is 12.8. The maximum absolute atomic E-state index is 10.3. The van der Waals surface area contributed by atoms with Gasteiger partial charge in [-0.15, -0.1) is 0 Å². The third-order valence-electron chi connectivity index (χ3n) is 4.30. The van der Waals surface area contributed by atoms with Gasteiger partial charge >= 0.3 is 0 Å². The summed E-state index contributed by atoms with van der Waals surface area (Å²) in [6.07, 6.45) is -3.89. The number of ether oxygens (including phenoxy) is 1. The second kappa shape index (κ2) is 5.51. The standard InChI is InChI=1S/C15H21N3O4/c1-7-4-9-10(5-8(7)2)18(15(16-3)17-9)14-13(21)12(20)11(6-19)22-14/h4-5,11-14,19-21H,6H2,1-3H3,(H,16,17)/t11-,12-,13-,14-/m1/s1. The van der Waals surface area contributed by atoms with Crippen LogP contribution < -0.4 is 5.32 Å². The van der Waals surface area contributed by atoms with Crippen molar-refractivity contribution in [3.05, 3.63) is 23.3 Å². The predicted octanol–water partition coefficient (Wildman–Crippen LogP) is 0.306. The van der Waals surface area contributed by atoms with Crippen molar-refractivity contribution in [1.29, 1.82) is 0 Å². The number of nitrogens with zero attached hydrogens (tertiary/aromatic N) is 2. The number of aryl methyl sites for hydroxylation is 2. The van der Waals surface area contributed by atoms with Gasteiger partial charge in [-0.1, -0.05) is 0 Å². The molecule has 0 amide bonds. The minimum atomic E-state index is -1.14. The lowest BCUT2D eigenvalue weighted by Gasteiger charge is -2.19. The lowest BCUT2D eigenvalue weighted by Crippen LogP contribution is -2.33. The van der Waals surface area contributed by atoms with Crippen LogP contribution in [0.1, 0.15) is 17.4 Å². The molecule has 0 unspecified atom stereocenters. The van der Waals surface area contributed by atoms with E-state index in [1.165, 1.54) is 0 Å². The Labute approximate surface area is 128 Å². The molecule has 4 atom stereocenters. The van der Waals surface area contributed by atoms with Crippen molar-refractivity contribution >= 4 is 17.0 Å². The molecule has 0 spiro atoms. The Balaban J connectivity index is 2.15. The highest BCUT2D eigenvalue weighted by atomic mass is 16.6. The van der Waals surface area contributed by atoms with Gasteiger partial charge in [-0.25, -0.2) is 4.98 Å². The molecule has 120 valence electrons. The lowest BCUT2D eigenvalue weighted by molar-refractivity contribution is -0.0499. The van der Waals surface area contributed by atoms with Crippen molar-refractivity contribution < 1.29 is 20.1 Å². The minimum Gasteiger partial charge on any atom is -0.394 e. The smallest absolute Gasteiger partial charge is 0.205 e. The number of rotatable bonds is 3. The number of aromatic nitrogens is 2. The second-order valence-corrected chi connectivity index (χ2v) is 5.71. The molecule has 4 N–H and O–H groups in total. The first kappa shape index (κ1) is 15.2. The van der Waals surface area contributed by atoms with Gasteiger partial charge in [0, 0.05) is 7.05 Å². The Morgan fingerprint density at radius 2 is 1.91 bits per heavy atom. The predicted molar refractivity (Wildman–Crippen MR) is 81.8 cm³/mol. The molecular formula is C15H21N3O4. The van der Waals surface area contributed by atoms with E-state index < -0.39 is 24.5 Å². The third kappa shape index (κ3) is 2.17. The Bertz CT molecular complexity index is 700. The monoisotopic (exact) mass is 307 g/mol. The molecule has 1 aromatic carbocycles. The van der Waals surface area contributed by atoms with Crippen LogP contribution in [-0.4, -0.2) is 56.8 Å². The van der Waals surface area contributed by atoms with E-state index in [9.17, 15) is 15.3 Å². The zero-order valence-electron chi connectivity index (χ0n) is 12.8. The molecule has 0 aliphatic carbocycles. The SMILES string of the molecule is CNc1nc2cc(C)c(C)cc2n1[C@@H]1O[C@H](CO)[C@@H](O)[C@H]1O. The van der Waals surface area contributed by atoms with E-state index in [1.54, 1.807) is 11.6 Å². The maximum atomic E-state index is 10.3. The number of hydrogen-bond acceptors (Lipinski definition) is 6. The highest BCUT2D eigenvalue weighted by Gasteiger charge is 2.44. The van der Waals surface area contributed by atoms with Crippen molar-refractivity contribution in [2.75, 3.05) is 19.0 Å². The number of fused-ring (bicyclic) bond motifs is 1. The molecular weight excluding hydrogens is 286 g/mol. The Kier molecular flexibility index (Phi) is 3.82. The molecule has 7 heteroatoms. The van der Waals surface area contributed by atoms with Gasteiger partial charge in [-0.05, 0) is 37.1 Å². The number of imidazole rings is 1. The Morgan fingerprint density at radius 1 is 1.23 bits per heavy atom. The fourth-order valence-corrected chi connectivity index (χ4v) is 2.88. The summed E-state index contributed by atoms with van der Waals surface area (Å²) in [5.74, 6) is 0.537. The van der Waals surface area contributed by atoms with E-state index in [0.717, 1.165) is 22.2 Å². The number of hydrogen-bond donors (Lipinski definition) is 4. The molecule has 0 radical (unpaired) electrons. The molecule has 3 rings (SSSR count). The molecule has 7 nitrogen and oxygen atoms in total. The summed E-state index contributed by atoms with van der Waals surface area (Å²) in [7, 11) is 1.73. The van der Waals surface area contributed by atoms with Crippen LogP contribution in [0.3, 0.4) is 0 Å². The second-order valence-electron chi connectivity index (χ2n) is 5.71. The highest BCUT2D eigenvalue weighted by molar-refractivity contribution is 5.80. The Morgan fingerprint density at radius 3 is 2.50 bits per heavy atom. The van der Waals surface area contributed by atoms with Gasteiger partial charge in [0.05, 0.1) is 17.6 Å². The van der Waals surface area contributed by atoms with Gasteiger partial charge in [-0.3, -0.25) is 4.57 Å². The number of nitrogens with one attached hydrogen (secondary N) is 1. The van der Waals surface area contributed by atoms with Gasteiger partial charge < -0.3 is 25.4 Å². The maximum Gasteiger partial charge on any atom is 0.205 e. The first-order valence-corrected chi connectivity index (χ1v) is 7.27. The average Bonchev–Trinajstić information content (AvgIpc) is 2.98. The summed E-state index contributed by atoms with van der Waals surface area (Å²) in [4.78, 5) is 4.50. The molecule has 1 aliphatic rings. The quantitative estimate of drug-likeness (QED) is 0.651. The van der Waals surface area contributed by atoms with Crippen molar-refractivity contribution in [2.45, 2.75) is 38.4 Å². The van der Waals surface area contributed by atoms with Crippen molar-refractivity contribution in [3.8, 4) is 0 Å². The van der Waals surface area contributed by atoms with E-state index in [2.05, 4.69) is 10.3 Å². The fraction of sp³-hybridized carbons (Fsp3) is 0.533. The van der Waals surface area contributed by atoms with Crippen LogP contribution in [0, 0.1) is 13.8 Å². The molecule has 1 aliphatic heterocycles. The first-order valence-electron chi connectivity index (χ1n) is 7.27. The van der Waals surface area contributed by atoms with Crippen LogP contribution in [-0.2, 0) is 4.74 Å². The number of benzene rings is 1. The number of anilines is 1. The largest absolute Gasteiger partial charge is 0.394 e. The van der Waals surface area contributed by atoms with Crippen molar-refractivity contribution in [2.24, 2.45) is 0 Å². The van der Waals surface area contributed by atoms with Gasteiger partial charge in [0.25, 0.3) is 0 Å². The molecule has 22 heavy (non-hydrogen) atoms. The van der Waals surface area contributed by atoms with Crippen molar-refractivity contribution in [1.82, 2.24) is 9.55 Å². The van der Waals surface area contributed by atoms with Gasteiger partial charge in [0.15, 0.2) is 6.23 Å². The molecule has 1 saturated heterocycles. The molecule has 0 saturated carbocycles. The average molecular weight is 307 g/mol. The van der Waals surface area contributed by atoms with Crippen molar-refractivity contribution in [3.63, 3.8) is 0 Å². The number of aliphatic hydroxyl groups excluding tert-OH is 3. The topological polar surface area (TPSA) is 99.8 Å². The van der Waals surface area contributed by atoms with Crippen LogP contribution in [0.25, 0.3) is 11.0 Å². The summed E-state index contributed by atoms with van der Waals surface area (Å²) in [6.45, 7) is 3.66. The minimum absolute atomic E-state index is 0.353. The lowest BCUT2D eigenvalue weighted by atomic mass is 10.1. The molecule has 1 fully saturated rings. The van der Waals surface area contributed by atoms with E-state index in [0.29, 0.717) is 5.95 Å². The zero-order chi connectivity index (χ0) is 16.0. The van der Waals surface area contributed by atoms with Gasteiger partial charge in [-0.2, -0.15) is 0 Å². The van der Waals surface area contributed by atoms with Crippen LogP contribution in [0.2, 0.25) is 0 Å². The van der Waals surface area contributed by atoms with Crippen LogP contribution in [0.5, 0.6) is 0 Å². The van der Waals surface area contributed by atoms with E-state index in [-0.39, 0.29) is 6.61 Å². The van der Waals surface area contributed by atoms with Crippen LogP contribution >= 0.6 is 0 Å². The number of aliphatic hydroxyl groups is 3. The normalized spacial score (nSPS) is 28.5. The molecule has 2 aromatic rings. The van der Waals surface area contributed by atoms with Crippen LogP contribution in [0.15, 0.2) is 12.1 Å². The summed E-state index contributed by atoms with van der Waals surface area (Å²) in [5.41, 5.74) is 3.82. The molecule has 0 bridgehead atoms. The van der Waals surface area contributed by atoms with E-state index in [4.69, 9.17) is 4.74 Å². The Hall–Kier alpha value is -1.67. The first-order chi connectivity index (χ1) is 10.5. The molecule has 1 aromatic heterocycles. The summed E-state index contributed by atoms with van der Waals surface area (Å²) >= 11 is 0. The van der Waals surface area contributed by atoms with Gasteiger partial charge in [0.1, 0.15) is 18.3 Å². The highest BCUT2D eigenvalue weighted by Crippen LogP contribution is 2.35. The summed E-state index contributed by atoms with van der Waals surface area (Å²) in [6, 6.07) is 3.95.